The molecule has 0 aromatic heterocycles. The average molecular weight is 362 g/mol. The van der Waals surface area contributed by atoms with E-state index in [9.17, 15) is 14.4 Å². The van der Waals surface area contributed by atoms with E-state index in [2.05, 4.69) is 5.32 Å². The Bertz CT molecular complexity index is 771. The van der Waals surface area contributed by atoms with Gasteiger partial charge in [-0.2, -0.15) is 0 Å². The van der Waals surface area contributed by atoms with Crippen LogP contribution < -0.4 is 14.8 Å². The number of carbonyl (C=O) groups is 3. The Labute approximate surface area is 151 Å². The van der Waals surface area contributed by atoms with Crippen molar-refractivity contribution >= 4 is 17.9 Å². The Morgan fingerprint density at radius 1 is 1.19 bits per heavy atom. The van der Waals surface area contributed by atoms with Crippen molar-refractivity contribution in [2.45, 2.75) is 26.8 Å². The summed E-state index contributed by atoms with van der Waals surface area (Å²) < 4.78 is 15.6. The molecule has 1 aliphatic rings. The van der Waals surface area contributed by atoms with Crippen molar-refractivity contribution in [2.75, 3.05) is 20.8 Å². The molecule has 0 spiro atoms. The third kappa shape index (κ3) is 3.49. The summed E-state index contributed by atoms with van der Waals surface area (Å²) in [7, 11) is 2.98. The molecule has 0 saturated carbocycles. The van der Waals surface area contributed by atoms with E-state index in [-0.39, 0.29) is 12.2 Å². The summed E-state index contributed by atoms with van der Waals surface area (Å²) in [5, 5.41) is 2.54. The Morgan fingerprint density at radius 2 is 1.85 bits per heavy atom. The van der Waals surface area contributed by atoms with E-state index in [1.54, 1.807) is 32.0 Å². The number of ether oxygens (including phenoxy) is 3. The molecule has 8 nitrogen and oxygen atoms in total. The number of methoxy groups -OCH3 is 2. The van der Waals surface area contributed by atoms with Crippen LogP contribution in [-0.4, -0.2) is 43.6 Å². The largest absolute Gasteiger partial charge is 0.493 e. The normalized spacial score (nSPS) is 16.9. The van der Waals surface area contributed by atoms with Crippen LogP contribution >= 0.6 is 0 Å². The fourth-order valence-corrected chi connectivity index (χ4v) is 2.88. The maximum atomic E-state index is 12.5. The fraction of sp³-hybridized carbons (Fsp3) is 0.389. The summed E-state index contributed by atoms with van der Waals surface area (Å²) in [6, 6.07) is 3.41. The molecule has 140 valence electrons. The van der Waals surface area contributed by atoms with Gasteiger partial charge in [-0.3, -0.25) is 9.69 Å². The lowest BCUT2D eigenvalue weighted by Crippen LogP contribution is -2.50. The van der Waals surface area contributed by atoms with E-state index in [0.717, 1.165) is 4.90 Å². The van der Waals surface area contributed by atoms with Gasteiger partial charge >= 0.3 is 12.0 Å². The van der Waals surface area contributed by atoms with Crippen LogP contribution in [0.25, 0.3) is 0 Å². The highest BCUT2D eigenvalue weighted by atomic mass is 16.5. The molecule has 1 aromatic rings. The van der Waals surface area contributed by atoms with Gasteiger partial charge in [0.15, 0.2) is 11.5 Å². The molecule has 1 aliphatic heterocycles. The van der Waals surface area contributed by atoms with E-state index < -0.39 is 23.9 Å². The van der Waals surface area contributed by atoms with E-state index in [1.807, 2.05) is 0 Å². The van der Waals surface area contributed by atoms with Crippen molar-refractivity contribution in [1.82, 2.24) is 10.2 Å². The van der Waals surface area contributed by atoms with Gasteiger partial charge in [-0.25, -0.2) is 9.59 Å². The minimum atomic E-state index is -0.930. The molecular weight excluding hydrogens is 340 g/mol. The quantitative estimate of drug-likeness (QED) is 0.807. The Morgan fingerprint density at radius 3 is 2.38 bits per heavy atom. The van der Waals surface area contributed by atoms with Gasteiger partial charge in [0.2, 0.25) is 5.91 Å². The number of benzene rings is 1. The SMILES string of the molecule is CCOC(=O)C1=C(C)NC(=O)N(C(C)=O)[C@@H]1c1ccc(OC)c(OC)c1. The van der Waals surface area contributed by atoms with E-state index in [1.165, 1.54) is 21.1 Å². The zero-order valence-corrected chi connectivity index (χ0v) is 15.4. The summed E-state index contributed by atoms with van der Waals surface area (Å²) in [5.41, 5.74) is 1.05. The molecule has 8 heteroatoms. The topological polar surface area (TPSA) is 94.2 Å². The Hall–Kier alpha value is -3.03. The summed E-state index contributed by atoms with van der Waals surface area (Å²) in [5.74, 6) is -0.197. The van der Waals surface area contributed by atoms with Crippen LogP contribution in [0.2, 0.25) is 0 Å². The van der Waals surface area contributed by atoms with Gasteiger partial charge in [-0.1, -0.05) is 6.07 Å². The number of urea groups is 1. The molecule has 26 heavy (non-hydrogen) atoms. The molecule has 1 atom stereocenters. The number of carbonyl (C=O) groups excluding carboxylic acids is 3. The van der Waals surface area contributed by atoms with Crippen LogP contribution in [0.15, 0.2) is 29.5 Å². The van der Waals surface area contributed by atoms with Crippen molar-refractivity contribution in [3.8, 4) is 11.5 Å². The van der Waals surface area contributed by atoms with Gasteiger partial charge in [0.05, 0.1) is 26.4 Å². The number of esters is 1. The second kappa shape index (κ2) is 7.90. The number of nitrogens with zero attached hydrogens (tertiary/aromatic N) is 1. The third-order valence-electron chi connectivity index (χ3n) is 4.01. The number of hydrogen-bond donors (Lipinski definition) is 1. The van der Waals surface area contributed by atoms with Crippen LogP contribution in [0, 0.1) is 0 Å². The van der Waals surface area contributed by atoms with E-state index >= 15 is 0 Å². The minimum absolute atomic E-state index is 0.169. The van der Waals surface area contributed by atoms with Gasteiger partial charge in [0, 0.05) is 12.6 Å². The summed E-state index contributed by atoms with van der Waals surface area (Å²) >= 11 is 0. The van der Waals surface area contributed by atoms with Crippen LogP contribution in [-0.2, 0) is 14.3 Å². The number of hydrogen-bond acceptors (Lipinski definition) is 6. The lowest BCUT2D eigenvalue weighted by Gasteiger charge is -2.35. The number of allylic oxidation sites excluding steroid dienone is 1. The first-order valence-electron chi connectivity index (χ1n) is 8.06. The number of nitrogens with one attached hydrogen (secondary N) is 1. The average Bonchev–Trinajstić information content (AvgIpc) is 2.60. The first-order valence-corrected chi connectivity index (χ1v) is 8.06. The van der Waals surface area contributed by atoms with Gasteiger partial charge in [-0.05, 0) is 31.5 Å². The summed E-state index contributed by atoms with van der Waals surface area (Å²) in [6.45, 7) is 4.71. The molecule has 0 radical (unpaired) electrons. The van der Waals surface area contributed by atoms with E-state index in [0.29, 0.717) is 22.8 Å². The Kier molecular flexibility index (Phi) is 5.86. The first-order chi connectivity index (χ1) is 12.3. The summed E-state index contributed by atoms with van der Waals surface area (Å²) in [4.78, 5) is 38.0. The highest BCUT2D eigenvalue weighted by Gasteiger charge is 2.40. The highest BCUT2D eigenvalue weighted by molar-refractivity contribution is 6.01. The van der Waals surface area contributed by atoms with Crippen molar-refractivity contribution in [2.24, 2.45) is 0 Å². The smallest absolute Gasteiger partial charge is 0.338 e. The van der Waals surface area contributed by atoms with Gasteiger partial charge in [-0.15, -0.1) is 0 Å². The van der Waals surface area contributed by atoms with Crippen LogP contribution in [0.5, 0.6) is 11.5 Å². The number of amides is 3. The molecule has 3 amide bonds. The lowest BCUT2D eigenvalue weighted by molar-refractivity contribution is -0.139. The molecule has 0 saturated heterocycles. The van der Waals surface area contributed by atoms with Crippen LogP contribution in [0.3, 0.4) is 0 Å². The van der Waals surface area contributed by atoms with Crippen molar-refractivity contribution in [3.05, 3.63) is 35.0 Å². The van der Waals surface area contributed by atoms with Crippen LogP contribution in [0.4, 0.5) is 4.79 Å². The monoisotopic (exact) mass is 362 g/mol. The summed E-state index contributed by atoms with van der Waals surface area (Å²) in [6.07, 6.45) is 0. The zero-order valence-electron chi connectivity index (χ0n) is 15.4. The fourth-order valence-electron chi connectivity index (χ4n) is 2.88. The minimum Gasteiger partial charge on any atom is -0.493 e. The van der Waals surface area contributed by atoms with Gasteiger partial charge in [0.1, 0.15) is 6.04 Å². The van der Waals surface area contributed by atoms with Gasteiger partial charge < -0.3 is 19.5 Å². The van der Waals surface area contributed by atoms with Gasteiger partial charge in [0.25, 0.3) is 0 Å². The second-order valence-corrected chi connectivity index (χ2v) is 5.60. The molecular formula is C18H22N2O6. The molecule has 1 aromatic carbocycles. The maximum Gasteiger partial charge on any atom is 0.338 e. The Balaban J connectivity index is 2.67. The van der Waals surface area contributed by atoms with Crippen molar-refractivity contribution in [3.63, 3.8) is 0 Å². The molecule has 0 fully saturated rings. The first kappa shape index (κ1) is 19.3. The van der Waals surface area contributed by atoms with Crippen molar-refractivity contribution < 1.29 is 28.6 Å². The molecule has 2 rings (SSSR count). The maximum absolute atomic E-state index is 12.5. The molecule has 0 bridgehead atoms. The molecule has 0 aliphatic carbocycles. The molecule has 1 N–H and O–H groups in total. The number of rotatable bonds is 5. The number of imide groups is 1. The van der Waals surface area contributed by atoms with Crippen LogP contribution in [0.1, 0.15) is 32.4 Å². The van der Waals surface area contributed by atoms with E-state index in [4.69, 9.17) is 14.2 Å². The third-order valence-corrected chi connectivity index (χ3v) is 4.01. The lowest BCUT2D eigenvalue weighted by atomic mass is 9.93. The van der Waals surface area contributed by atoms with Crippen molar-refractivity contribution in [1.29, 1.82) is 0 Å². The predicted octanol–water partition coefficient (Wildman–Crippen LogP) is 2.15. The standard InChI is InChI=1S/C18H22N2O6/c1-6-26-17(22)15-10(2)19-18(23)20(11(3)21)16(15)12-7-8-13(24-4)14(9-12)25-5/h7-9,16H,6H2,1-5H3,(H,19,23)/t16-/m1/s1. The second-order valence-electron chi connectivity index (χ2n) is 5.60. The molecule has 0 unspecified atom stereocenters. The predicted molar refractivity (Wildman–Crippen MR) is 92.7 cm³/mol. The highest BCUT2D eigenvalue weighted by Crippen LogP contribution is 2.38. The molecule has 1 heterocycles. The zero-order chi connectivity index (χ0) is 19.4.